The van der Waals surface area contributed by atoms with Crippen LogP contribution in [0.1, 0.15) is 32.1 Å². The summed E-state index contributed by atoms with van der Waals surface area (Å²) in [5.41, 5.74) is 1.65. The molecule has 0 amide bonds. The smallest absolute Gasteiger partial charge is 0.196 e. The van der Waals surface area contributed by atoms with Gasteiger partial charge in [-0.3, -0.25) is 0 Å². The third-order valence-electron chi connectivity index (χ3n) is 3.53. The van der Waals surface area contributed by atoms with Gasteiger partial charge in [0.05, 0.1) is 5.52 Å². The highest BCUT2D eigenvalue weighted by atomic mass is 35.5. The van der Waals surface area contributed by atoms with E-state index in [1.54, 1.807) is 10.7 Å². The molecule has 1 aliphatic rings. The molecule has 0 aliphatic heterocycles. The molecular weight excluding hydrogens is 280 g/mol. The third-order valence-corrected chi connectivity index (χ3v) is 4.06. The van der Waals surface area contributed by atoms with Crippen molar-refractivity contribution in [2.75, 3.05) is 0 Å². The molecule has 0 spiro atoms. The zero-order chi connectivity index (χ0) is 13.2. The van der Waals surface area contributed by atoms with E-state index in [4.69, 9.17) is 23.8 Å². The van der Waals surface area contributed by atoms with E-state index in [1.807, 2.05) is 12.1 Å². The molecule has 1 heterocycles. The van der Waals surface area contributed by atoms with Crippen molar-refractivity contribution in [1.82, 2.24) is 20.3 Å². The number of nitrogens with zero attached hydrogens (tertiary/aromatic N) is 3. The fraction of sp³-hybridized carbons (Fsp3) is 0.462. The summed E-state index contributed by atoms with van der Waals surface area (Å²) in [6.45, 7) is 0. The molecule has 1 N–H and O–H groups in total. The van der Waals surface area contributed by atoms with Gasteiger partial charge in [-0.1, -0.05) is 36.1 Å². The molecule has 4 nitrogen and oxygen atoms in total. The van der Waals surface area contributed by atoms with Crippen LogP contribution in [0.2, 0.25) is 5.02 Å². The van der Waals surface area contributed by atoms with E-state index in [1.165, 1.54) is 32.1 Å². The van der Waals surface area contributed by atoms with Crippen molar-refractivity contribution in [3.05, 3.63) is 23.2 Å². The Morgan fingerprint density at radius 3 is 2.89 bits per heavy atom. The number of fused-ring (bicyclic) bond motifs is 1. The predicted octanol–water partition coefficient (Wildman–Crippen LogP) is 3.14. The minimum atomic E-state index is 0.466. The normalized spacial score (nSPS) is 16.7. The molecule has 2 aromatic rings. The summed E-state index contributed by atoms with van der Waals surface area (Å²) >= 11 is 11.4. The highest BCUT2D eigenvalue weighted by Crippen LogP contribution is 2.19. The number of aromatic nitrogens is 3. The number of hydrogen-bond donors (Lipinski definition) is 1. The highest BCUT2D eigenvalue weighted by molar-refractivity contribution is 7.80. The van der Waals surface area contributed by atoms with E-state index < -0.39 is 0 Å². The quantitative estimate of drug-likeness (QED) is 0.821. The summed E-state index contributed by atoms with van der Waals surface area (Å²) in [6, 6.07) is 5.98. The zero-order valence-electron chi connectivity index (χ0n) is 10.5. The summed E-state index contributed by atoms with van der Waals surface area (Å²) in [5, 5.41) is 12.9. The molecule has 1 fully saturated rings. The minimum Gasteiger partial charge on any atom is -0.358 e. The first-order valence-corrected chi connectivity index (χ1v) is 7.34. The van der Waals surface area contributed by atoms with Gasteiger partial charge in [0.25, 0.3) is 0 Å². The Balaban J connectivity index is 1.81. The number of benzene rings is 1. The number of rotatable bonds is 1. The first kappa shape index (κ1) is 12.8. The first-order valence-electron chi connectivity index (χ1n) is 6.56. The third kappa shape index (κ3) is 2.72. The minimum absolute atomic E-state index is 0.466. The van der Waals surface area contributed by atoms with E-state index in [9.17, 15) is 0 Å². The van der Waals surface area contributed by atoms with Gasteiger partial charge in [-0.25, -0.2) is 0 Å². The Labute approximate surface area is 122 Å². The lowest BCUT2D eigenvalue weighted by atomic mass is 9.96. The van der Waals surface area contributed by atoms with Gasteiger partial charge < -0.3 is 5.32 Å². The molecule has 0 saturated heterocycles. The number of hydrogen-bond acceptors (Lipinski definition) is 3. The van der Waals surface area contributed by atoms with Gasteiger partial charge in [0.1, 0.15) is 5.52 Å². The molecule has 19 heavy (non-hydrogen) atoms. The maximum absolute atomic E-state index is 5.94. The summed E-state index contributed by atoms with van der Waals surface area (Å²) in [6.07, 6.45) is 6.23. The molecule has 0 bridgehead atoms. The zero-order valence-corrected chi connectivity index (χ0v) is 12.0. The second-order valence-electron chi connectivity index (χ2n) is 4.92. The van der Waals surface area contributed by atoms with Gasteiger partial charge in [-0.2, -0.15) is 4.68 Å². The molecule has 0 unspecified atom stereocenters. The maximum Gasteiger partial charge on any atom is 0.196 e. The fourth-order valence-electron chi connectivity index (χ4n) is 2.53. The van der Waals surface area contributed by atoms with Gasteiger partial charge in [0.2, 0.25) is 0 Å². The average Bonchev–Trinajstić information content (AvgIpc) is 2.82. The van der Waals surface area contributed by atoms with E-state index in [-0.39, 0.29) is 0 Å². The van der Waals surface area contributed by atoms with Crippen LogP contribution in [-0.2, 0) is 0 Å². The molecule has 1 aliphatic carbocycles. The molecule has 1 aromatic carbocycles. The van der Waals surface area contributed by atoms with Crippen LogP contribution in [0.3, 0.4) is 0 Å². The van der Waals surface area contributed by atoms with Crippen molar-refractivity contribution < 1.29 is 0 Å². The van der Waals surface area contributed by atoms with Crippen molar-refractivity contribution in [2.24, 2.45) is 0 Å². The molecule has 0 atom stereocenters. The predicted molar refractivity (Wildman–Crippen MR) is 80.5 cm³/mol. The van der Waals surface area contributed by atoms with Crippen molar-refractivity contribution in [3.8, 4) is 0 Å². The van der Waals surface area contributed by atoms with Gasteiger partial charge in [-0.15, -0.1) is 5.10 Å². The lowest BCUT2D eigenvalue weighted by molar-refractivity contribution is 0.412. The lowest BCUT2D eigenvalue weighted by Crippen LogP contribution is -2.39. The Kier molecular flexibility index (Phi) is 3.66. The standard InChI is InChI=1S/C13H15ClN4S/c14-9-6-7-12-11(8-9)16-17-18(12)13(19)15-10-4-2-1-3-5-10/h6-8,10H,1-5H2,(H,15,19). The summed E-state index contributed by atoms with van der Waals surface area (Å²) < 4.78 is 1.68. The van der Waals surface area contributed by atoms with Crippen LogP contribution < -0.4 is 5.32 Å². The second-order valence-corrected chi connectivity index (χ2v) is 5.74. The van der Waals surface area contributed by atoms with Crippen molar-refractivity contribution in [3.63, 3.8) is 0 Å². The van der Waals surface area contributed by atoms with Crippen LogP contribution in [0, 0.1) is 0 Å². The Morgan fingerprint density at radius 2 is 2.11 bits per heavy atom. The molecule has 100 valence electrons. The van der Waals surface area contributed by atoms with Gasteiger partial charge in [0.15, 0.2) is 5.11 Å². The van der Waals surface area contributed by atoms with Gasteiger partial charge >= 0.3 is 0 Å². The summed E-state index contributed by atoms with van der Waals surface area (Å²) in [5.74, 6) is 0. The lowest BCUT2D eigenvalue weighted by Gasteiger charge is -2.23. The van der Waals surface area contributed by atoms with Crippen molar-refractivity contribution in [2.45, 2.75) is 38.1 Å². The monoisotopic (exact) mass is 294 g/mol. The highest BCUT2D eigenvalue weighted by Gasteiger charge is 2.16. The van der Waals surface area contributed by atoms with E-state index in [0.717, 1.165) is 11.0 Å². The Morgan fingerprint density at radius 1 is 1.32 bits per heavy atom. The van der Waals surface area contributed by atoms with E-state index >= 15 is 0 Å². The Bertz CT molecular complexity index is 604. The van der Waals surface area contributed by atoms with Crippen LogP contribution in [-0.4, -0.2) is 26.1 Å². The fourth-order valence-corrected chi connectivity index (χ4v) is 3.00. The molecular formula is C13H15ClN4S. The van der Waals surface area contributed by atoms with Crippen LogP contribution in [0.25, 0.3) is 11.0 Å². The van der Waals surface area contributed by atoms with Gasteiger partial charge in [0, 0.05) is 11.1 Å². The number of halogens is 1. The summed E-state index contributed by atoms with van der Waals surface area (Å²) in [7, 11) is 0. The van der Waals surface area contributed by atoms with Crippen molar-refractivity contribution in [1.29, 1.82) is 0 Å². The van der Waals surface area contributed by atoms with E-state index in [2.05, 4.69) is 15.6 Å². The van der Waals surface area contributed by atoms with Crippen molar-refractivity contribution >= 4 is 40.0 Å². The van der Waals surface area contributed by atoms with E-state index in [0.29, 0.717) is 16.2 Å². The average molecular weight is 295 g/mol. The topological polar surface area (TPSA) is 42.7 Å². The SMILES string of the molecule is S=C(NC1CCCCC1)n1nnc2cc(Cl)ccc21. The van der Waals surface area contributed by atoms with Gasteiger partial charge in [-0.05, 0) is 43.3 Å². The van der Waals surface area contributed by atoms with Crippen LogP contribution >= 0.6 is 23.8 Å². The van der Waals surface area contributed by atoms with Crippen LogP contribution in [0.4, 0.5) is 0 Å². The molecule has 0 radical (unpaired) electrons. The first-order chi connectivity index (χ1) is 9.24. The summed E-state index contributed by atoms with van der Waals surface area (Å²) in [4.78, 5) is 0. The van der Waals surface area contributed by atoms with Crippen LogP contribution in [0.15, 0.2) is 18.2 Å². The maximum atomic E-state index is 5.94. The Hall–Kier alpha value is -1.20. The largest absolute Gasteiger partial charge is 0.358 e. The number of nitrogens with one attached hydrogen (secondary N) is 1. The molecule has 1 aromatic heterocycles. The molecule has 3 rings (SSSR count). The molecule has 6 heteroatoms. The van der Waals surface area contributed by atoms with Crippen LogP contribution in [0.5, 0.6) is 0 Å². The second kappa shape index (κ2) is 5.43. The molecule has 1 saturated carbocycles. The number of thiocarbonyl (C=S) groups is 1.